The van der Waals surface area contributed by atoms with E-state index < -0.39 is 0 Å². The van der Waals surface area contributed by atoms with Gasteiger partial charge in [0.1, 0.15) is 12.2 Å². The zero-order chi connectivity index (χ0) is 15.2. The number of benzene rings is 1. The number of likely N-dealkylation sites (tertiary alicyclic amines) is 1. The zero-order valence-corrected chi connectivity index (χ0v) is 11.6. The number of rotatable bonds is 3. The molecule has 1 saturated heterocycles. The van der Waals surface area contributed by atoms with E-state index in [4.69, 9.17) is 5.26 Å². The summed E-state index contributed by atoms with van der Waals surface area (Å²) in [7, 11) is 0. The Kier molecular flexibility index (Phi) is 4.77. The monoisotopic (exact) mass is 287 g/mol. The standard InChI is InChI=1S/C15H17N3O3/c16-8-5-14(20)17-11-6-9-18(10-7-11)15(21)12-3-1-2-4-13(12)19/h1-4,11,19H,5-7,9-10H2,(H,17,20). The average molecular weight is 287 g/mol. The van der Waals surface area contributed by atoms with E-state index in [2.05, 4.69) is 5.32 Å². The normalized spacial score (nSPS) is 15.3. The number of carbonyl (C=O) groups is 2. The van der Waals surface area contributed by atoms with Crippen LogP contribution in [0.15, 0.2) is 24.3 Å². The first-order chi connectivity index (χ1) is 10.1. The zero-order valence-electron chi connectivity index (χ0n) is 11.6. The van der Waals surface area contributed by atoms with E-state index in [1.165, 1.54) is 6.07 Å². The number of para-hydroxylation sites is 1. The van der Waals surface area contributed by atoms with E-state index in [-0.39, 0.29) is 30.0 Å². The van der Waals surface area contributed by atoms with E-state index in [0.717, 1.165) is 0 Å². The Morgan fingerprint density at radius 1 is 1.33 bits per heavy atom. The highest BCUT2D eigenvalue weighted by Gasteiger charge is 2.25. The van der Waals surface area contributed by atoms with E-state index in [1.54, 1.807) is 23.1 Å². The molecular formula is C15H17N3O3. The molecule has 1 fully saturated rings. The van der Waals surface area contributed by atoms with Gasteiger partial charge >= 0.3 is 0 Å². The number of nitrogens with one attached hydrogen (secondary N) is 1. The average Bonchev–Trinajstić information content (AvgIpc) is 2.48. The van der Waals surface area contributed by atoms with Crippen molar-refractivity contribution >= 4 is 11.8 Å². The Balaban J connectivity index is 1.90. The lowest BCUT2D eigenvalue weighted by Gasteiger charge is -2.32. The molecule has 6 heteroatoms. The predicted molar refractivity (Wildman–Crippen MR) is 75.4 cm³/mol. The van der Waals surface area contributed by atoms with E-state index in [1.807, 2.05) is 6.07 Å². The van der Waals surface area contributed by atoms with Crippen molar-refractivity contribution in [2.45, 2.75) is 25.3 Å². The SMILES string of the molecule is N#CCC(=O)NC1CCN(C(=O)c2ccccc2O)CC1. The lowest BCUT2D eigenvalue weighted by molar-refractivity contribution is -0.121. The van der Waals surface area contributed by atoms with Crippen LogP contribution in [0.3, 0.4) is 0 Å². The summed E-state index contributed by atoms with van der Waals surface area (Å²) in [6.07, 6.45) is 1.16. The highest BCUT2D eigenvalue weighted by molar-refractivity contribution is 5.96. The summed E-state index contributed by atoms with van der Waals surface area (Å²) < 4.78 is 0. The molecule has 0 aromatic heterocycles. The molecule has 0 spiro atoms. The van der Waals surface area contributed by atoms with Crippen LogP contribution in [-0.2, 0) is 4.79 Å². The summed E-state index contributed by atoms with van der Waals surface area (Å²) in [5.74, 6) is -0.496. The van der Waals surface area contributed by atoms with Crippen molar-refractivity contribution in [2.24, 2.45) is 0 Å². The van der Waals surface area contributed by atoms with Gasteiger partial charge in [0.15, 0.2) is 0 Å². The van der Waals surface area contributed by atoms with E-state index in [9.17, 15) is 14.7 Å². The molecule has 0 unspecified atom stereocenters. The Labute approximate surface area is 123 Å². The molecule has 110 valence electrons. The number of nitrogens with zero attached hydrogens (tertiary/aromatic N) is 2. The third-order valence-corrected chi connectivity index (χ3v) is 3.52. The number of phenols is 1. The Morgan fingerprint density at radius 2 is 2.00 bits per heavy atom. The van der Waals surface area contributed by atoms with Gasteiger partial charge in [-0.25, -0.2) is 0 Å². The van der Waals surface area contributed by atoms with Crippen LogP contribution in [0.5, 0.6) is 5.75 Å². The lowest BCUT2D eigenvalue weighted by atomic mass is 10.0. The Bertz CT molecular complexity index is 572. The first kappa shape index (κ1) is 14.9. The van der Waals surface area contributed by atoms with Crippen molar-refractivity contribution in [3.8, 4) is 11.8 Å². The van der Waals surface area contributed by atoms with Gasteiger partial charge in [-0.05, 0) is 25.0 Å². The maximum atomic E-state index is 12.3. The molecule has 0 atom stereocenters. The van der Waals surface area contributed by atoms with Gasteiger partial charge in [-0.2, -0.15) is 5.26 Å². The maximum absolute atomic E-state index is 12.3. The third-order valence-electron chi connectivity index (χ3n) is 3.52. The maximum Gasteiger partial charge on any atom is 0.257 e. The molecule has 1 aromatic rings. The van der Waals surface area contributed by atoms with Gasteiger partial charge in [0.2, 0.25) is 5.91 Å². The topological polar surface area (TPSA) is 93.4 Å². The molecule has 1 heterocycles. The Hall–Kier alpha value is -2.55. The predicted octanol–water partition coefficient (Wildman–Crippen LogP) is 1.03. The molecule has 6 nitrogen and oxygen atoms in total. The van der Waals surface area contributed by atoms with Crippen molar-refractivity contribution < 1.29 is 14.7 Å². The molecule has 0 saturated carbocycles. The summed E-state index contributed by atoms with van der Waals surface area (Å²) in [6, 6.07) is 8.27. The van der Waals surface area contributed by atoms with Crippen LogP contribution < -0.4 is 5.32 Å². The van der Waals surface area contributed by atoms with E-state index >= 15 is 0 Å². The van der Waals surface area contributed by atoms with Crippen molar-refractivity contribution in [2.75, 3.05) is 13.1 Å². The van der Waals surface area contributed by atoms with Gasteiger partial charge in [-0.3, -0.25) is 9.59 Å². The molecule has 2 N–H and O–H groups in total. The number of phenolic OH excluding ortho intramolecular Hbond substituents is 1. The minimum Gasteiger partial charge on any atom is -0.507 e. The van der Waals surface area contributed by atoms with Crippen LogP contribution in [0.1, 0.15) is 29.6 Å². The first-order valence-electron chi connectivity index (χ1n) is 6.85. The number of hydrogen-bond acceptors (Lipinski definition) is 4. The van der Waals surface area contributed by atoms with Crippen LogP contribution in [-0.4, -0.2) is 41.0 Å². The fraction of sp³-hybridized carbons (Fsp3) is 0.400. The Morgan fingerprint density at radius 3 is 2.62 bits per heavy atom. The number of piperidine rings is 1. The number of nitriles is 1. The second kappa shape index (κ2) is 6.75. The van der Waals surface area contributed by atoms with Crippen molar-refractivity contribution in [1.29, 1.82) is 5.26 Å². The number of hydrogen-bond donors (Lipinski definition) is 2. The molecule has 0 bridgehead atoms. The number of amides is 2. The quantitative estimate of drug-likeness (QED) is 0.868. The highest BCUT2D eigenvalue weighted by atomic mass is 16.3. The summed E-state index contributed by atoms with van der Waals surface area (Å²) in [5.41, 5.74) is 0.296. The summed E-state index contributed by atoms with van der Waals surface area (Å²) in [5, 5.41) is 20.9. The molecule has 2 rings (SSSR count). The smallest absolute Gasteiger partial charge is 0.257 e. The molecule has 1 aliphatic rings. The number of carbonyl (C=O) groups excluding carboxylic acids is 2. The van der Waals surface area contributed by atoms with Crippen LogP contribution in [0.2, 0.25) is 0 Å². The first-order valence-corrected chi connectivity index (χ1v) is 6.85. The van der Waals surface area contributed by atoms with Gasteiger partial charge in [0.05, 0.1) is 11.6 Å². The van der Waals surface area contributed by atoms with Crippen molar-refractivity contribution in [3.63, 3.8) is 0 Å². The van der Waals surface area contributed by atoms with Crippen LogP contribution in [0, 0.1) is 11.3 Å². The minimum absolute atomic E-state index is 0.000676. The molecule has 1 aromatic carbocycles. The summed E-state index contributed by atoms with van der Waals surface area (Å²) in [6.45, 7) is 1.04. The van der Waals surface area contributed by atoms with Crippen LogP contribution >= 0.6 is 0 Å². The summed E-state index contributed by atoms with van der Waals surface area (Å²) in [4.78, 5) is 25.3. The molecule has 0 aliphatic carbocycles. The largest absolute Gasteiger partial charge is 0.507 e. The number of aromatic hydroxyl groups is 1. The minimum atomic E-state index is -0.275. The third kappa shape index (κ3) is 3.72. The molecule has 1 aliphatic heterocycles. The van der Waals surface area contributed by atoms with Gasteiger partial charge in [0, 0.05) is 19.1 Å². The van der Waals surface area contributed by atoms with Gasteiger partial charge in [-0.1, -0.05) is 12.1 Å². The molecular weight excluding hydrogens is 270 g/mol. The summed E-state index contributed by atoms with van der Waals surface area (Å²) >= 11 is 0. The molecule has 2 amide bonds. The lowest BCUT2D eigenvalue weighted by Crippen LogP contribution is -2.46. The van der Waals surface area contributed by atoms with Gasteiger partial charge < -0.3 is 15.3 Å². The second-order valence-electron chi connectivity index (χ2n) is 4.99. The fourth-order valence-electron chi connectivity index (χ4n) is 2.40. The molecule has 21 heavy (non-hydrogen) atoms. The van der Waals surface area contributed by atoms with Gasteiger partial charge in [-0.15, -0.1) is 0 Å². The molecule has 0 radical (unpaired) electrons. The van der Waals surface area contributed by atoms with Crippen molar-refractivity contribution in [3.05, 3.63) is 29.8 Å². The van der Waals surface area contributed by atoms with Crippen LogP contribution in [0.4, 0.5) is 0 Å². The van der Waals surface area contributed by atoms with Gasteiger partial charge in [0.25, 0.3) is 5.91 Å². The van der Waals surface area contributed by atoms with Crippen LogP contribution in [0.25, 0.3) is 0 Å². The van der Waals surface area contributed by atoms with E-state index in [0.29, 0.717) is 31.5 Å². The highest BCUT2D eigenvalue weighted by Crippen LogP contribution is 2.20. The van der Waals surface area contributed by atoms with Crippen molar-refractivity contribution in [1.82, 2.24) is 10.2 Å². The second-order valence-corrected chi connectivity index (χ2v) is 4.99. The fourth-order valence-corrected chi connectivity index (χ4v) is 2.40.